The van der Waals surface area contributed by atoms with Gasteiger partial charge in [-0.25, -0.2) is 15.0 Å². The van der Waals surface area contributed by atoms with E-state index in [1.807, 2.05) is 71.9 Å². The molecule has 0 saturated heterocycles. The van der Waals surface area contributed by atoms with Crippen molar-refractivity contribution in [3.05, 3.63) is 280 Å². The van der Waals surface area contributed by atoms with Crippen LogP contribution in [0.25, 0.3) is 206 Å². The van der Waals surface area contributed by atoms with Crippen LogP contribution >= 0.6 is 22.7 Å². The van der Waals surface area contributed by atoms with Crippen LogP contribution in [0.15, 0.2) is 280 Å². The van der Waals surface area contributed by atoms with Gasteiger partial charge in [-0.05, 0) is 102 Å². The number of benzene rings is 10. The highest BCUT2D eigenvalue weighted by atomic mass is 32.1. The van der Waals surface area contributed by atoms with Gasteiger partial charge >= 0.3 is 0 Å². The molecule has 10 heteroatoms. The predicted molar refractivity (Wildman–Crippen MR) is 393 cm³/mol. The van der Waals surface area contributed by atoms with Crippen molar-refractivity contribution in [2.45, 2.75) is 0 Å². The van der Waals surface area contributed by atoms with Crippen LogP contribution in [0.5, 0.6) is 0 Å². The van der Waals surface area contributed by atoms with Gasteiger partial charge in [-0.3, -0.25) is 24.9 Å². The molecule has 10 heterocycles. The van der Waals surface area contributed by atoms with Crippen molar-refractivity contribution in [2.75, 3.05) is 0 Å². The average molecular weight is 1230 g/mol. The van der Waals surface area contributed by atoms with E-state index in [0.29, 0.717) is 0 Å². The zero-order valence-corrected chi connectivity index (χ0v) is 51.6. The smallest absolute Gasteiger partial charge is 0.0978 e. The minimum absolute atomic E-state index is 0.849. The van der Waals surface area contributed by atoms with Crippen molar-refractivity contribution < 1.29 is 0 Å². The van der Waals surface area contributed by atoms with Gasteiger partial charge in [0.1, 0.15) is 0 Å². The fourth-order valence-corrected chi connectivity index (χ4v) is 17.0. The summed E-state index contributed by atoms with van der Waals surface area (Å²) in [5, 5.41) is 16.1. The predicted octanol–water partition coefficient (Wildman–Crippen LogP) is 22.5. The Morgan fingerprint density at radius 2 is 0.734 bits per heavy atom. The summed E-state index contributed by atoms with van der Waals surface area (Å²) in [4.78, 5) is 40.8. The van der Waals surface area contributed by atoms with Crippen LogP contribution in [0.3, 0.4) is 0 Å². The molecular weight excluding hydrogens is 1190 g/mol. The van der Waals surface area contributed by atoms with Gasteiger partial charge in [-0.1, -0.05) is 158 Å². The first kappa shape index (κ1) is 52.7. The first-order valence-corrected chi connectivity index (χ1v) is 33.0. The van der Waals surface area contributed by atoms with Crippen molar-refractivity contribution in [3.8, 4) is 78.5 Å². The quantitative estimate of drug-likeness (QED) is 0.145. The summed E-state index contributed by atoms with van der Waals surface area (Å²) in [7, 11) is 0. The Labute approximate surface area is 544 Å². The van der Waals surface area contributed by atoms with Crippen molar-refractivity contribution in [2.24, 2.45) is 0 Å². The lowest BCUT2D eigenvalue weighted by molar-refractivity contribution is 1.32. The zero-order valence-electron chi connectivity index (χ0n) is 50.0. The lowest BCUT2D eigenvalue weighted by Crippen LogP contribution is -1.93. The number of para-hydroxylation sites is 2. The van der Waals surface area contributed by atoms with Crippen LogP contribution in [-0.2, 0) is 0 Å². The number of rotatable bonds is 7. The van der Waals surface area contributed by atoms with Gasteiger partial charge in [-0.2, -0.15) is 0 Å². The number of hydrogen-bond donors (Lipinski definition) is 0. The molecule has 0 unspecified atom stereocenters. The third-order valence-electron chi connectivity index (χ3n) is 18.8. The van der Waals surface area contributed by atoms with Gasteiger partial charge in [0.15, 0.2) is 0 Å². The molecule has 0 saturated carbocycles. The number of nitrogens with zero attached hydrogens (tertiary/aromatic N) is 8. The molecule has 94 heavy (non-hydrogen) atoms. The molecule has 0 aliphatic carbocycles. The number of aromatic nitrogens is 8. The summed E-state index contributed by atoms with van der Waals surface area (Å²) in [5.41, 5.74) is 19.3. The van der Waals surface area contributed by atoms with E-state index in [2.05, 4.69) is 236 Å². The maximum Gasteiger partial charge on any atom is 0.0978 e. The number of hydrogen-bond acceptors (Lipinski definition) is 10. The Bertz CT molecular complexity index is 6620. The van der Waals surface area contributed by atoms with Crippen LogP contribution in [0, 0.1) is 0 Å². The Kier molecular flexibility index (Phi) is 11.6. The molecule has 0 radical (unpaired) electrons. The molecule has 0 N–H and O–H groups in total. The maximum atomic E-state index is 5.50. The molecule has 0 aliphatic rings. The molecule has 10 aromatic heterocycles. The molecule has 0 aliphatic heterocycles. The Morgan fingerprint density at radius 1 is 0.245 bits per heavy atom. The van der Waals surface area contributed by atoms with Gasteiger partial charge in [0.05, 0.1) is 61.6 Å². The summed E-state index contributed by atoms with van der Waals surface area (Å²) < 4.78 is 5.01. The molecule has 20 rings (SSSR count). The minimum Gasteiger partial charge on any atom is -0.256 e. The van der Waals surface area contributed by atoms with E-state index in [-0.39, 0.29) is 0 Å². The molecule has 0 atom stereocenters. The van der Waals surface area contributed by atoms with E-state index in [0.717, 1.165) is 149 Å². The Balaban J connectivity index is 0.639. The molecule has 10 aromatic carbocycles. The summed E-state index contributed by atoms with van der Waals surface area (Å²) in [6.45, 7) is 0. The second kappa shape index (κ2) is 20.7. The van der Waals surface area contributed by atoms with Crippen LogP contribution in [0.2, 0.25) is 0 Å². The van der Waals surface area contributed by atoms with Crippen LogP contribution in [-0.4, -0.2) is 39.9 Å². The lowest BCUT2D eigenvalue weighted by Gasteiger charge is -2.13. The standard InChI is InChI=1S/C84H46N8S2/c1-4-22-71-62(19-1)75-64(31-29-60-56-18-3-6-24-73(56)93-83(60)75)78(92-71)51-15-8-13-48(41-51)68-34-27-55(46-88-68)66-42-52-16-9-38-86-80(52)82-59(66)33-36-69(90-82)49-25-28-57-61-30-32-65-76(84(61)94-74(57)44-49)63-20-2-5-23-72(63)91-77(65)50-14-7-12-47(40-50)54-26-35-70(89-45-54)67-43-53-17-10-37-85-79(53)81-58(67)21-11-39-87-81/h1-46H. The van der Waals surface area contributed by atoms with E-state index in [1.165, 1.54) is 56.5 Å². The fraction of sp³-hybridized carbons (Fsp3) is 0. The van der Waals surface area contributed by atoms with Gasteiger partial charge in [0.25, 0.3) is 0 Å². The monoisotopic (exact) mass is 1230 g/mol. The molecule has 434 valence electrons. The van der Waals surface area contributed by atoms with E-state index in [1.54, 1.807) is 0 Å². The van der Waals surface area contributed by atoms with Crippen LogP contribution in [0.1, 0.15) is 0 Å². The minimum atomic E-state index is 0.849. The highest BCUT2D eigenvalue weighted by Gasteiger charge is 2.22. The van der Waals surface area contributed by atoms with Gasteiger partial charge in [-0.15, -0.1) is 22.7 Å². The number of fused-ring (bicyclic) bond motifs is 20. The SMILES string of the molecule is c1cc(-c2ccc(-c3cc4cccnc4c4ncccc34)nc2)cc(-c2nc3ccccc3c3c2ccc2c4ccc(-c5ccc6c(-c7ccc(-c8cccc(-c9nc%10ccccc%10c%10c9ccc9c%11ccccc%11sc9%10)c8)nc7)cc7cccnc7c6n5)cc4sc23)c1. The molecule has 0 amide bonds. The van der Waals surface area contributed by atoms with Crippen molar-refractivity contribution in [3.63, 3.8) is 0 Å². The number of pyridine rings is 8. The average Bonchev–Trinajstić information content (AvgIpc) is 1.48. The second-order valence-corrected chi connectivity index (χ2v) is 26.2. The van der Waals surface area contributed by atoms with Gasteiger partial charge < -0.3 is 0 Å². The maximum absolute atomic E-state index is 5.50. The topological polar surface area (TPSA) is 103 Å². The Hall–Kier alpha value is -12.1. The molecule has 0 bridgehead atoms. The highest BCUT2D eigenvalue weighted by Crippen LogP contribution is 2.47. The summed E-state index contributed by atoms with van der Waals surface area (Å²) in [5.74, 6) is 0. The molecule has 0 fully saturated rings. The summed E-state index contributed by atoms with van der Waals surface area (Å²) >= 11 is 3.69. The Morgan fingerprint density at radius 3 is 1.44 bits per heavy atom. The second-order valence-electron chi connectivity index (χ2n) is 24.1. The first-order chi connectivity index (χ1) is 46.6. The molecule has 0 spiro atoms. The van der Waals surface area contributed by atoms with Gasteiger partial charge in [0, 0.05) is 164 Å². The van der Waals surface area contributed by atoms with E-state index < -0.39 is 0 Å². The zero-order chi connectivity index (χ0) is 61.5. The molecule has 20 aromatic rings. The largest absolute Gasteiger partial charge is 0.256 e. The third kappa shape index (κ3) is 8.23. The summed E-state index contributed by atoms with van der Waals surface area (Å²) in [6, 6.07) is 88.6. The molecular formula is C84H46N8S2. The third-order valence-corrected chi connectivity index (χ3v) is 21.2. The molecule has 8 nitrogen and oxygen atoms in total. The first-order valence-electron chi connectivity index (χ1n) is 31.3. The van der Waals surface area contributed by atoms with Crippen molar-refractivity contribution >= 4 is 150 Å². The normalized spacial score (nSPS) is 12.0. The van der Waals surface area contributed by atoms with Crippen molar-refractivity contribution in [1.29, 1.82) is 0 Å². The fourth-order valence-electron chi connectivity index (χ4n) is 14.4. The van der Waals surface area contributed by atoms with Crippen LogP contribution < -0.4 is 0 Å². The van der Waals surface area contributed by atoms with E-state index in [9.17, 15) is 0 Å². The summed E-state index contributed by atoms with van der Waals surface area (Å²) in [6.07, 6.45) is 9.47. The lowest BCUT2D eigenvalue weighted by atomic mass is 9.95. The van der Waals surface area contributed by atoms with Crippen LogP contribution in [0.4, 0.5) is 0 Å². The highest BCUT2D eigenvalue weighted by molar-refractivity contribution is 7.27. The van der Waals surface area contributed by atoms with E-state index in [4.69, 9.17) is 34.9 Å². The van der Waals surface area contributed by atoms with Crippen molar-refractivity contribution in [1.82, 2.24) is 39.9 Å². The van der Waals surface area contributed by atoms with E-state index >= 15 is 0 Å². The number of thiophene rings is 2. The van der Waals surface area contributed by atoms with Gasteiger partial charge in [0.2, 0.25) is 0 Å².